The van der Waals surface area contributed by atoms with Crippen LogP contribution in [0.15, 0.2) is 36.7 Å². The Bertz CT molecular complexity index is 849. The lowest BCUT2D eigenvalue weighted by atomic mass is 10.0. The number of benzene rings is 1. The molecule has 1 N–H and O–H groups in total. The third-order valence-electron chi connectivity index (χ3n) is 6.35. The summed E-state index contributed by atoms with van der Waals surface area (Å²) in [5.41, 5.74) is 2.49. The Morgan fingerprint density at radius 2 is 1.93 bits per heavy atom. The number of likely N-dealkylation sites (tertiary alicyclic amines) is 1. The number of carbonyl (C=O) groups excluding carboxylic acids is 1. The van der Waals surface area contributed by atoms with Gasteiger partial charge in [-0.05, 0) is 57.7 Å². The van der Waals surface area contributed by atoms with Gasteiger partial charge in [-0.15, -0.1) is 0 Å². The molecule has 0 aliphatic carbocycles. The zero-order valence-corrected chi connectivity index (χ0v) is 18.0. The Balaban J connectivity index is 1.33. The molecule has 2 saturated heterocycles. The van der Waals surface area contributed by atoms with Gasteiger partial charge in [0, 0.05) is 49.4 Å². The van der Waals surface area contributed by atoms with E-state index in [2.05, 4.69) is 32.0 Å². The normalized spacial score (nSPS) is 19.8. The van der Waals surface area contributed by atoms with Gasteiger partial charge in [0.25, 0.3) is 5.91 Å². The predicted octanol–water partition coefficient (Wildman–Crippen LogP) is 3.74. The average molecular weight is 408 g/mol. The van der Waals surface area contributed by atoms with Crippen LogP contribution in [-0.2, 0) is 0 Å². The Kier molecular flexibility index (Phi) is 6.95. The molecule has 6 nitrogen and oxygen atoms in total. The maximum absolute atomic E-state index is 12.7. The molecular weight excluding hydrogens is 374 g/mol. The van der Waals surface area contributed by atoms with Gasteiger partial charge in [-0.3, -0.25) is 4.79 Å². The number of rotatable bonds is 7. The third kappa shape index (κ3) is 5.17. The van der Waals surface area contributed by atoms with Crippen molar-refractivity contribution in [3.63, 3.8) is 0 Å². The molecule has 2 aliphatic heterocycles. The van der Waals surface area contributed by atoms with E-state index in [1.165, 1.54) is 38.6 Å². The number of piperidine rings is 1. The summed E-state index contributed by atoms with van der Waals surface area (Å²) in [6, 6.07) is 10.4. The summed E-state index contributed by atoms with van der Waals surface area (Å²) >= 11 is 0. The fourth-order valence-electron chi connectivity index (χ4n) is 4.52. The van der Waals surface area contributed by atoms with Crippen molar-refractivity contribution in [2.75, 3.05) is 37.6 Å². The van der Waals surface area contributed by atoms with Crippen molar-refractivity contribution in [3.05, 3.63) is 42.2 Å². The lowest BCUT2D eigenvalue weighted by molar-refractivity contribution is 0.0949. The van der Waals surface area contributed by atoms with Gasteiger partial charge in [-0.25, -0.2) is 9.97 Å². The number of hydrogen-bond acceptors (Lipinski definition) is 5. The minimum atomic E-state index is -0.0163. The summed E-state index contributed by atoms with van der Waals surface area (Å²) in [5.74, 6) is 0.955. The summed E-state index contributed by atoms with van der Waals surface area (Å²) in [6.07, 6.45) is 8.97. The zero-order valence-electron chi connectivity index (χ0n) is 18.0. The largest absolute Gasteiger partial charge is 0.357 e. The van der Waals surface area contributed by atoms with E-state index in [-0.39, 0.29) is 5.91 Å². The molecule has 30 heavy (non-hydrogen) atoms. The number of nitrogens with zero attached hydrogens (tertiary/aromatic N) is 4. The van der Waals surface area contributed by atoms with Crippen molar-refractivity contribution in [2.45, 2.75) is 51.5 Å². The molecule has 0 spiro atoms. The number of aromatic nitrogens is 2. The van der Waals surface area contributed by atoms with Gasteiger partial charge < -0.3 is 15.1 Å². The quantitative estimate of drug-likeness (QED) is 0.709. The molecule has 1 aromatic carbocycles. The van der Waals surface area contributed by atoms with Crippen molar-refractivity contribution in [2.24, 2.45) is 0 Å². The number of amides is 1. The van der Waals surface area contributed by atoms with E-state index in [0.29, 0.717) is 18.2 Å². The Morgan fingerprint density at radius 1 is 1.10 bits per heavy atom. The molecule has 0 radical (unpaired) electrons. The average Bonchev–Trinajstić information content (AvgIpc) is 3.33. The van der Waals surface area contributed by atoms with Crippen molar-refractivity contribution in [1.29, 1.82) is 0 Å². The smallest absolute Gasteiger partial charge is 0.251 e. The summed E-state index contributed by atoms with van der Waals surface area (Å²) < 4.78 is 0. The molecule has 2 aliphatic rings. The summed E-state index contributed by atoms with van der Waals surface area (Å²) in [6.45, 7) is 7.37. The number of carbonyl (C=O) groups is 1. The molecule has 4 rings (SSSR count). The maximum atomic E-state index is 12.7. The van der Waals surface area contributed by atoms with E-state index >= 15 is 0 Å². The highest BCUT2D eigenvalue weighted by Gasteiger charge is 2.18. The molecule has 1 atom stereocenters. The van der Waals surface area contributed by atoms with Gasteiger partial charge >= 0.3 is 0 Å². The van der Waals surface area contributed by atoms with Crippen molar-refractivity contribution in [3.8, 4) is 11.3 Å². The molecule has 1 aromatic heterocycles. The van der Waals surface area contributed by atoms with Gasteiger partial charge in [0.15, 0.2) is 0 Å². The molecule has 6 heteroatoms. The van der Waals surface area contributed by atoms with Crippen LogP contribution in [0.1, 0.15) is 55.8 Å². The van der Waals surface area contributed by atoms with E-state index in [4.69, 9.17) is 0 Å². The third-order valence-corrected chi connectivity index (χ3v) is 6.35. The van der Waals surface area contributed by atoms with Crippen molar-refractivity contribution >= 4 is 11.7 Å². The zero-order chi connectivity index (χ0) is 20.8. The van der Waals surface area contributed by atoms with Gasteiger partial charge in [0.05, 0.1) is 5.69 Å². The van der Waals surface area contributed by atoms with Crippen LogP contribution in [-0.4, -0.2) is 59.5 Å². The lowest BCUT2D eigenvalue weighted by Gasteiger charge is -2.33. The fraction of sp³-hybridized carbons (Fsp3) is 0.542. The van der Waals surface area contributed by atoms with Crippen LogP contribution in [0.2, 0.25) is 0 Å². The minimum Gasteiger partial charge on any atom is -0.357 e. The monoisotopic (exact) mass is 407 g/mol. The Labute approximate surface area is 179 Å². The molecule has 3 heterocycles. The molecule has 0 unspecified atom stereocenters. The lowest BCUT2D eigenvalue weighted by Crippen LogP contribution is -2.39. The topological polar surface area (TPSA) is 61.4 Å². The molecule has 160 valence electrons. The first-order valence-electron chi connectivity index (χ1n) is 11.4. The molecular formula is C24H33N5O. The van der Waals surface area contributed by atoms with E-state index in [0.717, 1.165) is 43.1 Å². The van der Waals surface area contributed by atoms with Crippen LogP contribution >= 0.6 is 0 Å². The molecule has 0 saturated carbocycles. The van der Waals surface area contributed by atoms with Gasteiger partial charge in [-0.2, -0.15) is 0 Å². The Morgan fingerprint density at radius 3 is 2.77 bits per heavy atom. The second kappa shape index (κ2) is 10.0. The van der Waals surface area contributed by atoms with Crippen molar-refractivity contribution < 1.29 is 4.79 Å². The van der Waals surface area contributed by atoms with Crippen LogP contribution in [0.25, 0.3) is 11.3 Å². The number of hydrogen-bond donors (Lipinski definition) is 1. The minimum absolute atomic E-state index is 0.0163. The molecule has 2 aromatic rings. The molecule has 1 amide bonds. The van der Waals surface area contributed by atoms with E-state index in [1.54, 1.807) is 6.33 Å². The van der Waals surface area contributed by atoms with Crippen LogP contribution in [0.5, 0.6) is 0 Å². The number of nitrogens with one attached hydrogen (secondary N) is 1. The second-order valence-corrected chi connectivity index (χ2v) is 8.53. The first kappa shape index (κ1) is 20.8. The highest BCUT2D eigenvalue weighted by atomic mass is 16.1. The van der Waals surface area contributed by atoms with E-state index < -0.39 is 0 Å². The SMILES string of the molecule is C[C@H]1CCCCN1CCCNC(=O)c1cccc(-c2cc(N3CCCC3)ncn2)c1. The second-order valence-electron chi connectivity index (χ2n) is 8.53. The van der Waals surface area contributed by atoms with Gasteiger partial charge in [0.2, 0.25) is 0 Å². The molecule has 0 bridgehead atoms. The number of anilines is 1. The maximum Gasteiger partial charge on any atom is 0.251 e. The predicted molar refractivity (Wildman–Crippen MR) is 121 cm³/mol. The van der Waals surface area contributed by atoms with Gasteiger partial charge in [-0.1, -0.05) is 18.6 Å². The summed E-state index contributed by atoms with van der Waals surface area (Å²) in [7, 11) is 0. The van der Waals surface area contributed by atoms with Crippen LogP contribution in [0, 0.1) is 0 Å². The highest BCUT2D eigenvalue weighted by molar-refractivity contribution is 5.95. The van der Waals surface area contributed by atoms with Crippen LogP contribution in [0.3, 0.4) is 0 Å². The molecule has 2 fully saturated rings. The van der Waals surface area contributed by atoms with Crippen molar-refractivity contribution in [1.82, 2.24) is 20.2 Å². The first-order valence-corrected chi connectivity index (χ1v) is 11.4. The van der Waals surface area contributed by atoms with E-state index in [1.807, 2.05) is 30.3 Å². The summed E-state index contributed by atoms with van der Waals surface area (Å²) in [5, 5.41) is 3.08. The Hall–Kier alpha value is -2.47. The van der Waals surface area contributed by atoms with Crippen LogP contribution < -0.4 is 10.2 Å². The van der Waals surface area contributed by atoms with Gasteiger partial charge in [0.1, 0.15) is 12.1 Å². The summed E-state index contributed by atoms with van der Waals surface area (Å²) in [4.78, 5) is 26.4. The van der Waals surface area contributed by atoms with E-state index in [9.17, 15) is 4.79 Å². The highest BCUT2D eigenvalue weighted by Crippen LogP contribution is 2.24. The first-order chi connectivity index (χ1) is 14.7. The van der Waals surface area contributed by atoms with Crippen LogP contribution in [0.4, 0.5) is 5.82 Å². The standard InChI is InChI=1S/C24H33N5O/c1-19-8-2-3-12-28(19)15-7-11-25-24(30)21-10-6-9-20(16-21)22-17-23(27-18-26-22)29-13-4-5-14-29/h6,9-10,16-19H,2-5,7-8,11-15H2,1H3,(H,25,30)/t19-/m0/s1. The fourth-order valence-corrected chi connectivity index (χ4v) is 4.52.